The van der Waals surface area contributed by atoms with Gasteiger partial charge in [0.2, 0.25) is 0 Å². The third-order valence-corrected chi connectivity index (χ3v) is 3.75. The average Bonchev–Trinajstić information content (AvgIpc) is 2.36. The minimum Gasteiger partial charge on any atom is -0.316 e. The Morgan fingerprint density at radius 1 is 1.11 bits per heavy atom. The summed E-state index contributed by atoms with van der Waals surface area (Å²) in [7, 11) is 0. The molecule has 0 aromatic heterocycles. The van der Waals surface area contributed by atoms with Gasteiger partial charge in [-0.1, -0.05) is 26.8 Å². The minimum absolute atomic E-state index is 0.243. The van der Waals surface area contributed by atoms with Gasteiger partial charge in [0.15, 0.2) is 0 Å². The summed E-state index contributed by atoms with van der Waals surface area (Å²) in [6.45, 7) is 7.87. The largest absolute Gasteiger partial charge is 0.316 e. The van der Waals surface area contributed by atoms with E-state index in [-0.39, 0.29) is 5.41 Å². The maximum atomic E-state index is 14.0. The highest BCUT2D eigenvalue weighted by atomic mass is 19.1. The Morgan fingerprint density at radius 3 is 2.28 bits per heavy atom. The minimum atomic E-state index is -0.515. The number of hydrogen-bond donors (Lipinski definition) is 1. The van der Waals surface area contributed by atoms with E-state index < -0.39 is 11.6 Å². The summed E-state index contributed by atoms with van der Waals surface area (Å²) in [4.78, 5) is 0. The monoisotopic (exact) mass is 255 g/mol. The standard InChI is InChI=1S/C15H23F2N/c1-4-9-18-11-15(5-2,6-3)13-8-7-12(16)10-14(13)17/h7-8,10,18H,4-6,9,11H2,1-3H3. The van der Waals surface area contributed by atoms with Crippen LogP contribution in [0.25, 0.3) is 0 Å². The van der Waals surface area contributed by atoms with Crippen LogP contribution in [0.4, 0.5) is 8.78 Å². The Hall–Kier alpha value is -0.960. The number of hydrogen-bond acceptors (Lipinski definition) is 1. The summed E-state index contributed by atoms with van der Waals surface area (Å²) in [5.74, 6) is -0.948. The summed E-state index contributed by atoms with van der Waals surface area (Å²) >= 11 is 0. The molecule has 1 nitrogen and oxygen atoms in total. The van der Waals surface area contributed by atoms with Crippen LogP contribution in [0.15, 0.2) is 18.2 Å². The topological polar surface area (TPSA) is 12.0 Å². The summed E-state index contributed by atoms with van der Waals surface area (Å²) < 4.78 is 27.0. The number of nitrogens with one attached hydrogen (secondary N) is 1. The van der Waals surface area contributed by atoms with Crippen molar-refractivity contribution in [1.82, 2.24) is 5.32 Å². The summed E-state index contributed by atoms with van der Waals surface area (Å²) in [5.41, 5.74) is 0.380. The number of rotatable bonds is 7. The Balaban J connectivity index is 3.01. The fourth-order valence-corrected chi connectivity index (χ4v) is 2.40. The van der Waals surface area contributed by atoms with E-state index in [0.717, 1.165) is 38.4 Å². The first-order chi connectivity index (χ1) is 8.59. The molecule has 0 bridgehead atoms. The fraction of sp³-hybridized carbons (Fsp3) is 0.600. The van der Waals surface area contributed by atoms with Crippen molar-refractivity contribution in [1.29, 1.82) is 0 Å². The molecule has 18 heavy (non-hydrogen) atoms. The maximum Gasteiger partial charge on any atom is 0.129 e. The van der Waals surface area contributed by atoms with Gasteiger partial charge in [-0.3, -0.25) is 0 Å². The van der Waals surface area contributed by atoms with Crippen molar-refractivity contribution < 1.29 is 8.78 Å². The zero-order valence-electron chi connectivity index (χ0n) is 11.5. The van der Waals surface area contributed by atoms with Crippen LogP contribution in [-0.4, -0.2) is 13.1 Å². The van der Waals surface area contributed by atoms with Gasteiger partial charge in [-0.05, 0) is 37.4 Å². The zero-order valence-corrected chi connectivity index (χ0v) is 11.5. The van der Waals surface area contributed by atoms with Crippen LogP contribution < -0.4 is 5.32 Å². The quantitative estimate of drug-likeness (QED) is 0.726. The zero-order chi connectivity index (χ0) is 13.6. The van der Waals surface area contributed by atoms with Gasteiger partial charge in [0.25, 0.3) is 0 Å². The Morgan fingerprint density at radius 2 is 1.78 bits per heavy atom. The van der Waals surface area contributed by atoms with E-state index in [1.807, 2.05) is 0 Å². The predicted molar refractivity (Wildman–Crippen MR) is 71.8 cm³/mol. The smallest absolute Gasteiger partial charge is 0.129 e. The maximum absolute atomic E-state index is 14.0. The SMILES string of the molecule is CCCNCC(CC)(CC)c1ccc(F)cc1F. The van der Waals surface area contributed by atoms with Crippen molar-refractivity contribution in [2.75, 3.05) is 13.1 Å². The lowest BCUT2D eigenvalue weighted by Gasteiger charge is -2.33. The Bertz CT molecular complexity index is 373. The molecule has 0 aliphatic rings. The molecule has 1 rings (SSSR count). The van der Waals surface area contributed by atoms with E-state index in [9.17, 15) is 8.78 Å². The van der Waals surface area contributed by atoms with E-state index in [1.165, 1.54) is 6.07 Å². The molecule has 0 heterocycles. The first kappa shape index (κ1) is 15.1. The highest BCUT2D eigenvalue weighted by Gasteiger charge is 2.30. The van der Waals surface area contributed by atoms with Gasteiger partial charge in [0.05, 0.1) is 0 Å². The van der Waals surface area contributed by atoms with Crippen LogP contribution in [0.3, 0.4) is 0 Å². The second kappa shape index (κ2) is 6.83. The second-order valence-electron chi connectivity index (χ2n) is 4.79. The number of halogens is 2. The summed E-state index contributed by atoms with van der Waals surface area (Å²) in [6, 6.07) is 3.92. The first-order valence-electron chi connectivity index (χ1n) is 6.76. The average molecular weight is 255 g/mol. The van der Waals surface area contributed by atoms with Gasteiger partial charge in [-0.2, -0.15) is 0 Å². The van der Waals surface area contributed by atoms with Gasteiger partial charge in [0, 0.05) is 18.0 Å². The lowest BCUT2D eigenvalue weighted by atomic mass is 9.75. The van der Waals surface area contributed by atoms with Crippen LogP contribution in [0.2, 0.25) is 0 Å². The second-order valence-corrected chi connectivity index (χ2v) is 4.79. The highest BCUT2D eigenvalue weighted by molar-refractivity contribution is 5.28. The molecule has 0 radical (unpaired) electrons. The molecule has 3 heteroatoms. The van der Waals surface area contributed by atoms with Gasteiger partial charge in [-0.15, -0.1) is 0 Å². The lowest BCUT2D eigenvalue weighted by Crippen LogP contribution is -2.38. The Kier molecular flexibility index (Phi) is 5.73. The third kappa shape index (κ3) is 3.29. The van der Waals surface area contributed by atoms with Crippen LogP contribution in [0.5, 0.6) is 0 Å². The molecule has 0 aliphatic carbocycles. The molecule has 102 valence electrons. The van der Waals surface area contributed by atoms with Gasteiger partial charge < -0.3 is 5.32 Å². The summed E-state index contributed by atoms with van der Waals surface area (Å²) in [6.07, 6.45) is 2.72. The molecule has 0 unspecified atom stereocenters. The molecule has 0 fully saturated rings. The van der Waals surface area contributed by atoms with E-state index in [4.69, 9.17) is 0 Å². The predicted octanol–water partition coefficient (Wildman–Crippen LogP) is 4.02. The molecule has 0 atom stereocenters. The van der Waals surface area contributed by atoms with Crippen molar-refractivity contribution in [2.45, 2.75) is 45.4 Å². The van der Waals surface area contributed by atoms with Gasteiger partial charge in [-0.25, -0.2) is 8.78 Å². The van der Waals surface area contributed by atoms with E-state index in [2.05, 4.69) is 26.1 Å². The molecule has 0 amide bonds. The van der Waals surface area contributed by atoms with E-state index >= 15 is 0 Å². The molecular formula is C15H23F2N. The van der Waals surface area contributed by atoms with Crippen molar-refractivity contribution in [3.05, 3.63) is 35.4 Å². The third-order valence-electron chi connectivity index (χ3n) is 3.75. The Labute approximate surface area is 109 Å². The fourth-order valence-electron chi connectivity index (χ4n) is 2.40. The lowest BCUT2D eigenvalue weighted by molar-refractivity contribution is 0.353. The van der Waals surface area contributed by atoms with Crippen molar-refractivity contribution in [3.8, 4) is 0 Å². The number of benzene rings is 1. The molecule has 1 aromatic rings. The van der Waals surface area contributed by atoms with E-state index in [1.54, 1.807) is 6.07 Å². The molecule has 0 saturated carbocycles. The van der Waals surface area contributed by atoms with Crippen LogP contribution in [-0.2, 0) is 5.41 Å². The molecular weight excluding hydrogens is 232 g/mol. The van der Waals surface area contributed by atoms with Crippen LogP contribution in [0, 0.1) is 11.6 Å². The highest BCUT2D eigenvalue weighted by Crippen LogP contribution is 2.33. The first-order valence-corrected chi connectivity index (χ1v) is 6.76. The molecule has 0 spiro atoms. The molecule has 1 N–H and O–H groups in total. The van der Waals surface area contributed by atoms with Crippen LogP contribution >= 0.6 is 0 Å². The normalized spacial score (nSPS) is 11.8. The summed E-state index contributed by atoms with van der Waals surface area (Å²) in [5, 5.41) is 3.36. The van der Waals surface area contributed by atoms with Gasteiger partial charge >= 0.3 is 0 Å². The van der Waals surface area contributed by atoms with Gasteiger partial charge in [0.1, 0.15) is 11.6 Å². The van der Waals surface area contributed by atoms with Crippen LogP contribution in [0.1, 0.15) is 45.6 Å². The molecule has 1 aromatic carbocycles. The van der Waals surface area contributed by atoms with Crippen molar-refractivity contribution >= 4 is 0 Å². The van der Waals surface area contributed by atoms with E-state index in [0.29, 0.717) is 5.56 Å². The molecule has 0 aliphatic heterocycles. The van der Waals surface area contributed by atoms with Crippen molar-refractivity contribution in [2.24, 2.45) is 0 Å². The van der Waals surface area contributed by atoms with Crippen molar-refractivity contribution in [3.63, 3.8) is 0 Å². The molecule has 0 saturated heterocycles.